The van der Waals surface area contributed by atoms with Gasteiger partial charge in [0.05, 0.1) is 0 Å². The van der Waals surface area contributed by atoms with E-state index in [1.807, 2.05) is 40.0 Å². The molecule has 0 heterocycles. The molecule has 17 heavy (non-hydrogen) atoms. The van der Waals surface area contributed by atoms with E-state index in [2.05, 4.69) is 5.32 Å². The standard InChI is InChI=1S/C13H19NO3/c1-13(2,3)17-12(15)9-16-11-7-5-10(14-4)6-8-11/h5-8,14H,9H2,1-4H3. The SMILES string of the molecule is CNc1ccc(OCC(=O)OC(C)(C)C)cc1. The number of carbonyl (C=O) groups excluding carboxylic acids is 1. The maximum absolute atomic E-state index is 11.4. The van der Waals surface area contributed by atoms with Gasteiger partial charge in [-0.05, 0) is 45.0 Å². The molecule has 4 heteroatoms. The number of rotatable bonds is 4. The Morgan fingerprint density at radius 3 is 2.29 bits per heavy atom. The molecule has 0 amide bonds. The normalized spacial score (nSPS) is 10.8. The molecule has 0 aliphatic carbocycles. The van der Waals surface area contributed by atoms with Crippen molar-refractivity contribution in [2.24, 2.45) is 0 Å². The second kappa shape index (κ2) is 5.57. The number of ether oxygens (including phenoxy) is 2. The van der Waals surface area contributed by atoms with Crippen molar-refractivity contribution in [3.05, 3.63) is 24.3 Å². The summed E-state index contributed by atoms with van der Waals surface area (Å²) in [5.74, 6) is 0.282. The van der Waals surface area contributed by atoms with Crippen LogP contribution in [0.25, 0.3) is 0 Å². The van der Waals surface area contributed by atoms with Crippen LogP contribution in [0.3, 0.4) is 0 Å². The van der Waals surface area contributed by atoms with Crippen LogP contribution in [0.5, 0.6) is 5.75 Å². The van der Waals surface area contributed by atoms with Gasteiger partial charge in [0.15, 0.2) is 6.61 Å². The molecule has 1 N–H and O–H groups in total. The molecular weight excluding hydrogens is 218 g/mol. The molecule has 1 aromatic rings. The molecule has 0 aliphatic heterocycles. The Bertz CT molecular complexity index is 365. The highest BCUT2D eigenvalue weighted by atomic mass is 16.6. The first-order chi connectivity index (χ1) is 7.90. The minimum absolute atomic E-state index is 0.0732. The minimum atomic E-state index is -0.476. The zero-order valence-electron chi connectivity index (χ0n) is 10.7. The highest BCUT2D eigenvalue weighted by molar-refractivity contribution is 5.71. The van der Waals surface area contributed by atoms with E-state index in [1.165, 1.54) is 0 Å². The predicted octanol–water partition coefficient (Wildman–Crippen LogP) is 2.45. The van der Waals surface area contributed by atoms with Crippen LogP contribution in [-0.2, 0) is 9.53 Å². The summed E-state index contributed by atoms with van der Waals surface area (Å²) in [6.07, 6.45) is 0. The lowest BCUT2D eigenvalue weighted by Gasteiger charge is -2.19. The van der Waals surface area contributed by atoms with Crippen LogP contribution in [0.4, 0.5) is 5.69 Å². The second-order valence-corrected chi connectivity index (χ2v) is 4.65. The van der Waals surface area contributed by atoms with E-state index in [-0.39, 0.29) is 12.6 Å². The maximum atomic E-state index is 11.4. The molecule has 0 bridgehead atoms. The largest absolute Gasteiger partial charge is 0.482 e. The first-order valence-corrected chi connectivity index (χ1v) is 5.53. The average Bonchev–Trinajstić information content (AvgIpc) is 2.25. The molecule has 0 aliphatic rings. The van der Waals surface area contributed by atoms with E-state index in [0.29, 0.717) is 5.75 Å². The maximum Gasteiger partial charge on any atom is 0.344 e. The Kier molecular flexibility index (Phi) is 4.37. The number of benzene rings is 1. The molecule has 0 saturated carbocycles. The third-order valence-electron chi connectivity index (χ3n) is 1.92. The van der Waals surface area contributed by atoms with Crippen molar-refractivity contribution in [3.63, 3.8) is 0 Å². The Morgan fingerprint density at radius 2 is 1.82 bits per heavy atom. The van der Waals surface area contributed by atoms with Gasteiger partial charge in [0, 0.05) is 12.7 Å². The van der Waals surface area contributed by atoms with Crippen molar-refractivity contribution < 1.29 is 14.3 Å². The van der Waals surface area contributed by atoms with Gasteiger partial charge in [-0.15, -0.1) is 0 Å². The smallest absolute Gasteiger partial charge is 0.344 e. The van der Waals surface area contributed by atoms with Gasteiger partial charge in [-0.1, -0.05) is 0 Å². The first-order valence-electron chi connectivity index (χ1n) is 5.53. The molecule has 0 saturated heterocycles. The third kappa shape index (κ3) is 5.24. The van der Waals surface area contributed by atoms with Crippen LogP contribution in [-0.4, -0.2) is 25.2 Å². The predicted molar refractivity (Wildman–Crippen MR) is 67.3 cm³/mol. The fourth-order valence-corrected chi connectivity index (χ4v) is 1.23. The highest BCUT2D eigenvalue weighted by Gasteiger charge is 2.16. The lowest BCUT2D eigenvalue weighted by molar-refractivity contribution is -0.157. The lowest BCUT2D eigenvalue weighted by atomic mass is 10.2. The van der Waals surface area contributed by atoms with Crippen LogP contribution in [0.1, 0.15) is 20.8 Å². The molecule has 1 rings (SSSR count). The number of hydrogen-bond acceptors (Lipinski definition) is 4. The van der Waals surface area contributed by atoms with Crippen molar-refractivity contribution in [1.29, 1.82) is 0 Å². The van der Waals surface area contributed by atoms with E-state index < -0.39 is 5.60 Å². The van der Waals surface area contributed by atoms with Crippen LogP contribution in [0.15, 0.2) is 24.3 Å². The molecule has 0 unspecified atom stereocenters. The number of hydrogen-bond donors (Lipinski definition) is 1. The topological polar surface area (TPSA) is 47.6 Å². The number of esters is 1. The van der Waals surface area contributed by atoms with Crippen LogP contribution in [0, 0.1) is 0 Å². The van der Waals surface area contributed by atoms with Crippen molar-refractivity contribution in [2.45, 2.75) is 26.4 Å². The Labute approximate surface area is 102 Å². The fraction of sp³-hybridized carbons (Fsp3) is 0.462. The average molecular weight is 237 g/mol. The van der Waals surface area contributed by atoms with Crippen molar-refractivity contribution in [3.8, 4) is 5.75 Å². The van der Waals surface area contributed by atoms with Gasteiger partial charge in [-0.2, -0.15) is 0 Å². The van der Waals surface area contributed by atoms with Gasteiger partial charge in [-0.25, -0.2) is 4.79 Å². The lowest BCUT2D eigenvalue weighted by Crippen LogP contribution is -2.27. The van der Waals surface area contributed by atoms with E-state index in [4.69, 9.17) is 9.47 Å². The van der Waals surface area contributed by atoms with Crippen LogP contribution >= 0.6 is 0 Å². The van der Waals surface area contributed by atoms with E-state index in [1.54, 1.807) is 12.1 Å². The summed E-state index contributed by atoms with van der Waals surface area (Å²) in [6, 6.07) is 7.36. The Hall–Kier alpha value is -1.71. The van der Waals surface area contributed by atoms with Crippen molar-refractivity contribution >= 4 is 11.7 Å². The summed E-state index contributed by atoms with van der Waals surface area (Å²) in [6.45, 7) is 5.40. The number of nitrogens with one attached hydrogen (secondary N) is 1. The van der Waals surface area contributed by atoms with Gasteiger partial charge in [0.2, 0.25) is 0 Å². The number of anilines is 1. The fourth-order valence-electron chi connectivity index (χ4n) is 1.23. The van der Waals surface area contributed by atoms with E-state index in [9.17, 15) is 4.79 Å². The zero-order chi connectivity index (χ0) is 12.9. The molecule has 4 nitrogen and oxygen atoms in total. The van der Waals surface area contributed by atoms with Crippen molar-refractivity contribution in [2.75, 3.05) is 19.0 Å². The summed E-state index contributed by atoms with van der Waals surface area (Å²) >= 11 is 0. The molecule has 0 atom stereocenters. The van der Waals surface area contributed by atoms with Gasteiger partial charge in [0.25, 0.3) is 0 Å². The summed E-state index contributed by atoms with van der Waals surface area (Å²) in [7, 11) is 1.84. The molecule has 0 spiro atoms. The molecule has 0 radical (unpaired) electrons. The second-order valence-electron chi connectivity index (χ2n) is 4.65. The Morgan fingerprint density at radius 1 is 1.24 bits per heavy atom. The summed E-state index contributed by atoms with van der Waals surface area (Å²) in [5, 5.41) is 3.00. The molecule has 0 fully saturated rings. The van der Waals surface area contributed by atoms with Gasteiger partial charge >= 0.3 is 5.97 Å². The summed E-state index contributed by atoms with van der Waals surface area (Å²) < 4.78 is 10.4. The monoisotopic (exact) mass is 237 g/mol. The first kappa shape index (κ1) is 13.4. The third-order valence-corrected chi connectivity index (χ3v) is 1.92. The van der Waals surface area contributed by atoms with Crippen LogP contribution < -0.4 is 10.1 Å². The Balaban J connectivity index is 2.42. The molecule has 1 aromatic carbocycles. The molecule has 94 valence electrons. The number of carbonyl (C=O) groups is 1. The molecule has 0 aromatic heterocycles. The summed E-state index contributed by atoms with van der Waals surface area (Å²) in [4.78, 5) is 11.4. The summed E-state index contributed by atoms with van der Waals surface area (Å²) in [5.41, 5.74) is 0.519. The van der Waals surface area contributed by atoms with Gasteiger partial charge in [0.1, 0.15) is 11.4 Å². The van der Waals surface area contributed by atoms with Crippen molar-refractivity contribution in [1.82, 2.24) is 0 Å². The minimum Gasteiger partial charge on any atom is -0.482 e. The highest BCUT2D eigenvalue weighted by Crippen LogP contribution is 2.15. The molecular formula is C13H19NO3. The van der Waals surface area contributed by atoms with E-state index in [0.717, 1.165) is 5.69 Å². The van der Waals surface area contributed by atoms with Gasteiger partial charge in [-0.3, -0.25) is 0 Å². The van der Waals surface area contributed by atoms with Gasteiger partial charge < -0.3 is 14.8 Å². The zero-order valence-corrected chi connectivity index (χ0v) is 10.7. The van der Waals surface area contributed by atoms with Crippen LogP contribution in [0.2, 0.25) is 0 Å². The quantitative estimate of drug-likeness (QED) is 0.817. The van der Waals surface area contributed by atoms with E-state index >= 15 is 0 Å².